The van der Waals surface area contributed by atoms with Gasteiger partial charge in [-0.05, 0) is 137 Å². The van der Waals surface area contributed by atoms with E-state index in [1.165, 1.54) is 73.6 Å². The summed E-state index contributed by atoms with van der Waals surface area (Å²) in [6.07, 6.45) is -2.17. The molecule has 6 aliphatic heterocycles. The molecule has 1 aromatic heterocycles. The van der Waals surface area contributed by atoms with Crippen LogP contribution in [0.3, 0.4) is 0 Å². The predicted octanol–water partition coefficient (Wildman–Crippen LogP) is 7.44. The fourth-order valence-corrected chi connectivity index (χ4v) is 14.9. The van der Waals surface area contributed by atoms with Crippen LogP contribution in [0.15, 0.2) is 84.6 Å². The number of rotatable bonds is 16. The number of carbonyl (C=O) groups is 8. The van der Waals surface area contributed by atoms with Crippen LogP contribution in [-0.4, -0.2) is 202 Å². The molecule has 28 heteroatoms. The number of hydrogen-bond donors (Lipinski definition) is 5. The molecule has 24 nitrogen and oxygen atoms in total. The molecule has 534 valence electrons. The molecule has 4 saturated heterocycles. The lowest BCUT2D eigenvalue weighted by molar-refractivity contribution is -0.302. The number of piperazine rings is 1. The topological polar surface area (TPSA) is 304 Å². The lowest BCUT2D eigenvalue weighted by Crippen LogP contribution is -2.66. The van der Waals surface area contributed by atoms with Crippen molar-refractivity contribution in [3.05, 3.63) is 101 Å². The van der Waals surface area contributed by atoms with Gasteiger partial charge in [-0.15, -0.1) is 0 Å². The van der Waals surface area contributed by atoms with Gasteiger partial charge in [-0.2, -0.15) is 18.3 Å². The molecule has 2 aromatic carbocycles. The van der Waals surface area contributed by atoms with Crippen molar-refractivity contribution in [2.24, 2.45) is 35.5 Å². The van der Waals surface area contributed by atoms with E-state index in [4.69, 9.17) is 40.0 Å². The quantitative estimate of drug-likeness (QED) is 0.0403. The van der Waals surface area contributed by atoms with Gasteiger partial charge in [-0.1, -0.05) is 56.7 Å². The minimum absolute atomic E-state index is 0.00197. The minimum Gasteiger partial charge on any atom is -0.484 e. The van der Waals surface area contributed by atoms with E-state index in [-0.39, 0.29) is 116 Å². The number of fused-ring (bicyclic) bond motifs is 11. The average molecular weight is 1390 g/mol. The molecule has 1 saturated carbocycles. The maximum absolute atomic E-state index is 14.8. The molecule has 5 N–H and O–H groups in total. The summed E-state index contributed by atoms with van der Waals surface area (Å²) in [7, 11) is 4.48. The van der Waals surface area contributed by atoms with Crippen molar-refractivity contribution in [2.45, 2.75) is 165 Å². The maximum atomic E-state index is 14.8. The number of nitrogens with zero attached hydrogens (tertiary/aromatic N) is 5. The third-order valence-electron chi connectivity index (χ3n) is 20.0. The Morgan fingerprint density at radius 2 is 1.49 bits per heavy atom. The van der Waals surface area contributed by atoms with Crippen LogP contribution in [0.1, 0.15) is 121 Å². The number of piperidine rings is 1. The summed E-state index contributed by atoms with van der Waals surface area (Å²) >= 11 is 6.14. The fraction of sp³-hybridized carbons (Fsp3) is 0.586. The lowest BCUT2D eigenvalue weighted by Gasteiger charge is -2.49. The van der Waals surface area contributed by atoms with Gasteiger partial charge in [0.1, 0.15) is 29.8 Å². The molecule has 98 heavy (non-hydrogen) atoms. The standard InChI is InChI=1S/C70H89ClF3N7O17/c1-9-58(85)76-45-32-44(71)33-46(34-45)77-66(89)51-36-75-81(64(51)70(72,73)74)47-16-18-48(19-17-47)96-37-60(87)79-24-22-78(23-25-79)59(86)14-10-12-43-27-38(2)26-39(3)28-56(94-7)63-57(95-8)29-40(4)69(92,98-63)65(88)67(90)80-21-11-13-49-50(30-42-15-20-52(82)55(31-42)93-6)62(97-68(91)61(49)80)41(5)53(83)35-54(43)84/h9,16-19,27,30,32-34,36,39-43,49,52-53,55-57,61-63,82-83,92H,1,10-15,20-26,28-29,31,35,37H2,2-8H3,(H,76,85)(H,77,89)/b38-27+,50-30+/t39-,40+,41+,42-,43+,49?,52+,53-,55+,56-,57-,61-,62-,63+,69+/m0/s1. The molecule has 15 atom stereocenters. The number of anilines is 2. The number of esters is 1. The average Bonchev–Trinajstić information content (AvgIpc) is 0.902. The fourth-order valence-electron chi connectivity index (χ4n) is 14.7. The van der Waals surface area contributed by atoms with Crippen molar-refractivity contribution in [3.63, 3.8) is 0 Å². The summed E-state index contributed by atoms with van der Waals surface area (Å²) in [6.45, 7) is 10.8. The molecular weight excluding hydrogens is 1300 g/mol. The number of nitrogens with one attached hydrogen (secondary N) is 2. The van der Waals surface area contributed by atoms with Crippen LogP contribution >= 0.6 is 11.6 Å². The van der Waals surface area contributed by atoms with E-state index >= 15 is 0 Å². The van der Waals surface area contributed by atoms with Crippen LogP contribution in [0, 0.1) is 35.5 Å². The van der Waals surface area contributed by atoms with Gasteiger partial charge in [-0.25, -0.2) is 9.48 Å². The van der Waals surface area contributed by atoms with Gasteiger partial charge in [0.25, 0.3) is 23.5 Å². The molecule has 1 unspecified atom stereocenters. The predicted molar refractivity (Wildman–Crippen MR) is 350 cm³/mol. The van der Waals surface area contributed by atoms with Crippen LogP contribution in [0.5, 0.6) is 5.75 Å². The van der Waals surface area contributed by atoms with Crippen molar-refractivity contribution in [1.29, 1.82) is 0 Å². The number of Topliss-reactive ketones (excluding diaryl/α,β-unsaturated/α-hetero) is 2. The van der Waals surface area contributed by atoms with Crippen LogP contribution in [-0.2, 0) is 63.4 Å². The highest BCUT2D eigenvalue weighted by atomic mass is 35.5. The SMILES string of the molecule is C=CC(=O)Nc1cc(Cl)cc(NC(=O)c2cnn(-c3ccc(OCC(=O)N4CCN(C(=O)CCC[C@@H]5/C=C(\C)C[C@H](C)C[C@H](OC)[C@H]6O[C@@](O)(C(=O)C(=O)N7CCCC8/C(=C\[C@@H]9CC[C@@H](O)[C@H](OC)C9)[C@@H](OC(=O)[C@H]87)[C@H](C)[C@@H](O)CC5=O)[C@H](C)C[C@@H]6OC)CC4)cc3)c2C(F)(F)F)c1. The largest absolute Gasteiger partial charge is 0.484 e. The molecule has 0 radical (unpaired) electrons. The van der Waals surface area contributed by atoms with Crippen LogP contribution in [0.2, 0.25) is 5.02 Å². The Hall–Kier alpha value is -7.37. The van der Waals surface area contributed by atoms with E-state index in [0.717, 1.165) is 17.8 Å². The van der Waals surface area contributed by atoms with Crippen molar-refractivity contribution in [3.8, 4) is 11.4 Å². The zero-order valence-electron chi connectivity index (χ0n) is 56.2. The summed E-state index contributed by atoms with van der Waals surface area (Å²) in [5, 5.41) is 44.1. The summed E-state index contributed by atoms with van der Waals surface area (Å²) in [5.41, 5.74) is -0.667. The number of halogens is 4. The number of benzene rings is 2. The van der Waals surface area contributed by atoms with Crippen molar-refractivity contribution in [2.75, 3.05) is 71.3 Å². The molecule has 7 aliphatic rings. The van der Waals surface area contributed by atoms with E-state index in [0.29, 0.717) is 55.2 Å². The molecule has 3 aromatic rings. The number of hydrogen-bond acceptors (Lipinski definition) is 18. The first-order valence-electron chi connectivity index (χ1n) is 33.4. The van der Waals surface area contributed by atoms with E-state index in [1.807, 2.05) is 26.0 Å². The molecule has 10 rings (SSSR count). The number of allylic oxidation sites excluding steroid dienone is 3. The highest BCUT2D eigenvalue weighted by Crippen LogP contribution is 2.45. The number of carbonyl (C=O) groups excluding carboxylic acids is 8. The zero-order chi connectivity index (χ0) is 71.1. The van der Waals surface area contributed by atoms with E-state index in [9.17, 15) is 66.8 Å². The Morgan fingerprint density at radius 3 is 2.14 bits per heavy atom. The second kappa shape index (κ2) is 32.3. The Bertz CT molecular complexity index is 3500. The second-order valence-electron chi connectivity index (χ2n) is 26.8. The highest BCUT2D eigenvalue weighted by molar-refractivity contribution is 6.39. The normalized spacial score (nSPS) is 31.0. The summed E-state index contributed by atoms with van der Waals surface area (Å²) in [6, 6.07) is 7.92. The van der Waals surface area contributed by atoms with Crippen LogP contribution in [0.4, 0.5) is 24.5 Å². The van der Waals surface area contributed by atoms with Gasteiger partial charge in [0.15, 0.2) is 12.3 Å². The van der Waals surface area contributed by atoms with Gasteiger partial charge in [0.2, 0.25) is 17.6 Å². The summed E-state index contributed by atoms with van der Waals surface area (Å²) < 4.78 is 80.4. The van der Waals surface area contributed by atoms with Crippen LogP contribution < -0.4 is 15.4 Å². The van der Waals surface area contributed by atoms with Gasteiger partial charge < -0.3 is 69.1 Å². The minimum atomic E-state index is -5.05. The van der Waals surface area contributed by atoms with Gasteiger partial charge in [-0.3, -0.25) is 33.6 Å². The Balaban J connectivity index is 0.855. The number of alkyl halides is 3. The van der Waals surface area contributed by atoms with E-state index < -0.39 is 138 Å². The molecule has 0 spiro atoms. The second-order valence-corrected chi connectivity index (χ2v) is 27.3. The molecule has 5 amide bonds. The monoisotopic (exact) mass is 1390 g/mol. The first-order chi connectivity index (χ1) is 46.5. The number of aromatic nitrogens is 2. The highest BCUT2D eigenvalue weighted by Gasteiger charge is 2.59. The Morgan fingerprint density at radius 1 is 0.837 bits per heavy atom. The van der Waals surface area contributed by atoms with Gasteiger partial charge in [0, 0.05) is 107 Å². The number of methoxy groups -OCH3 is 3. The number of aliphatic hydroxyl groups excluding tert-OH is 2. The number of ether oxygens (including phenoxy) is 6. The Kier molecular flexibility index (Phi) is 24.7. The summed E-state index contributed by atoms with van der Waals surface area (Å²) in [5.74, 6) is -11.8. The van der Waals surface area contributed by atoms with Crippen molar-refractivity contribution in [1.82, 2.24) is 24.5 Å². The van der Waals surface area contributed by atoms with Crippen molar-refractivity contribution < 1.29 is 95.3 Å². The molecule has 7 heterocycles. The first-order valence-corrected chi connectivity index (χ1v) is 33.7. The lowest BCUT2D eigenvalue weighted by atomic mass is 9.72. The number of ketones is 2. The number of aliphatic hydroxyl groups is 3. The third kappa shape index (κ3) is 17.3. The first kappa shape index (κ1) is 74.8. The van der Waals surface area contributed by atoms with E-state index in [1.54, 1.807) is 18.7 Å². The molecule has 6 bridgehead atoms. The van der Waals surface area contributed by atoms with Crippen molar-refractivity contribution >= 4 is 70.0 Å². The smallest absolute Gasteiger partial charge is 0.434 e. The summed E-state index contributed by atoms with van der Waals surface area (Å²) in [4.78, 5) is 115. The van der Waals surface area contributed by atoms with Crippen LogP contribution in [0.25, 0.3) is 5.69 Å². The zero-order valence-corrected chi connectivity index (χ0v) is 56.9. The maximum Gasteiger partial charge on any atom is 0.434 e. The molecule has 5 fully saturated rings. The third-order valence-corrected chi connectivity index (χ3v) is 20.2. The van der Waals surface area contributed by atoms with Gasteiger partial charge in [0.05, 0.1) is 48.0 Å². The number of amides is 5. The van der Waals surface area contributed by atoms with Gasteiger partial charge >= 0.3 is 12.1 Å². The Labute approximate surface area is 572 Å². The molecule has 1 aliphatic carbocycles. The van der Waals surface area contributed by atoms with E-state index in [2.05, 4.69) is 22.3 Å². The molecular formula is C70H89ClF3N7O17.